The highest BCUT2D eigenvalue weighted by Crippen LogP contribution is 2.19. The molecule has 0 amide bonds. The highest BCUT2D eigenvalue weighted by atomic mass is 19.1. The number of rotatable bonds is 4. The molecule has 3 aromatic rings. The van der Waals surface area contributed by atoms with Crippen LogP contribution in [-0.4, -0.2) is 5.78 Å². The Morgan fingerprint density at radius 1 is 0.909 bits per heavy atom. The number of anilines is 1. The van der Waals surface area contributed by atoms with Gasteiger partial charge in [-0.15, -0.1) is 0 Å². The summed E-state index contributed by atoms with van der Waals surface area (Å²) < 4.78 is 12.8. The molecule has 3 rings (SSSR count). The van der Waals surface area contributed by atoms with Gasteiger partial charge in [0.15, 0.2) is 5.78 Å². The largest absolute Gasteiger partial charge is 0.362 e. The van der Waals surface area contributed by atoms with Crippen molar-refractivity contribution in [3.63, 3.8) is 0 Å². The molecule has 0 unspecified atom stereocenters. The van der Waals surface area contributed by atoms with Crippen molar-refractivity contribution in [1.82, 2.24) is 0 Å². The molecule has 108 valence electrons. The second-order valence-corrected chi connectivity index (χ2v) is 4.88. The van der Waals surface area contributed by atoms with Crippen molar-refractivity contribution in [3.8, 4) is 0 Å². The first-order chi connectivity index (χ1) is 10.7. The van der Waals surface area contributed by atoms with Gasteiger partial charge in [0.2, 0.25) is 0 Å². The van der Waals surface area contributed by atoms with Crippen molar-refractivity contribution in [1.29, 1.82) is 0 Å². The minimum absolute atomic E-state index is 0.0774. The standard InChI is InChI=1S/C19H14FNO/c20-15-8-10-16(11-9-15)21-13-12-19(22)18-7-3-5-14-4-1-2-6-17(14)18/h1-13,21H/b13-12+. The zero-order valence-corrected chi connectivity index (χ0v) is 11.8. The molecular weight excluding hydrogens is 277 g/mol. The molecule has 0 radical (unpaired) electrons. The predicted octanol–water partition coefficient (Wildman–Crippen LogP) is 4.79. The first-order valence-electron chi connectivity index (χ1n) is 6.95. The van der Waals surface area contributed by atoms with E-state index in [9.17, 15) is 9.18 Å². The average Bonchev–Trinajstić information content (AvgIpc) is 2.56. The molecule has 0 saturated carbocycles. The summed E-state index contributed by atoms with van der Waals surface area (Å²) in [5.74, 6) is -0.368. The van der Waals surface area contributed by atoms with Crippen molar-refractivity contribution >= 4 is 22.2 Å². The Morgan fingerprint density at radius 2 is 1.64 bits per heavy atom. The van der Waals surface area contributed by atoms with E-state index in [1.54, 1.807) is 18.3 Å². The van der Waals surface area contributed by atoms with Gasteiger partial charge >= 0.3 is 0 Å². The zero-order chi connectivity index (χ0) is 15.4. The second kappa shape index (κ2) is 6.22. The summed E-state index contributed by atoms with van der Waals surface area (Å²) in [5, 5.41) is 4.92. The lowest BCUT2D eigenvalue weighted by Crippen LogP contribution is -1.97. The van der Waals surface area contributed by atoms with Crippen molar-refractivity contribution in [2.75, 3.05) is 5.32 Å². The Morgan fingerprint density at radius 3 is 2.45 bits per heavy atom. The fourth-order valence-corrected chi connectivity index (χ4v) is 2.29. The maximum atomic E-state index is 12.8. The fourth-order valence-electron chi connectivity index (χ4n) is 2.29. The summed E-state index contributed by atoms with van der Waals surface area (Å²) in [6, 6.07) is 19.4. The normalized spacial score (nSPS) is 11.0. The molecule has 0 aliphatic heterocycles. The molecule has 0 heterocycles. The van der Waals surface area contributed by atoms with Crippen LogP contribution < -0.4 is 5.32 Å². The van der Waals surface area contributed by atoms with Crippen molar-refractivity contribution < 1.29 is 9.18 Å². The van der Waals surface area contributed by atoms with Crippen LogP contribution in [0.5, 0.6) is 0 Å². The summed E-state index contributed by atoms with van der Waals surface area (Å²) in [6.45, 7) is 0. The maximum Gasteiger partial charge on any atom is 0.187 e. The van der Waals surface area contributed by atoms with Crippen molar-refractivity contribution in [2.24, 2.45) is 0 Å². The number of carbonyl (C=O) groups excluding carboxylic acids is 1. The van der Waals surface area contributed by atoms with Crippen LogP contribution in [0.1, 0.15) is 10.4 Å². The minimum atomic E-state index is -0.290. The van der Waals surface area contributed by atoms with Gasteiger partial charge in [-0.2, -0.15) is 0 Å². The van der Waals surface area contributed by atoms with E-state index in [0.717, 1.165) is 16.5 Å². The van der Waals surface area contributed by atoms with Crippen LogP contribution >= 0.6 is 0 Å². The first kappa shape index (κ1) is 14.0. The number of hydrogen-bond acceptors (Lipinski definition) is 2. The van der Waals surface area contributed by atoms with Crippen molar-refractivity contribution in [3.05, 3.63) is 90.4 Å². The van der Waals surface area contributed by atoms with E-state index in [0.29, 0.717) is 5.56 Å². The molecule has 0 bridgehead atoms. The van der Waals surface area contributed by atoms with E-state index in [-0.39, 0.29) is 11.6 Å². The number of ketones is 1. The average molecular weight is 291 g/mol. The molecule has 0 aromatic heterocycles. The van der Waals surface area contributed by atoms with Gasteiger partial charge in [-0.05, 0) is 35.0 Å². The first-order valence-corrected chi connectivity index (χ1v) is 6.95. The number of carbonyl (C=O) groups is 1. The number of fused-ring (bicyclic) bond motifs is 1. The molecule has 0 atom stereocenters. The molecule has 0 saturated heterocycles. The monoisotopic (exact) mass is 291 g/mol. The number of allylic oxidation sites excluding steroid dienone is 1. The Kier molecular flexibility index (Phi) is 3.97. The van der Waals surface area contributed by atoms with Crippen LogP contribution in [0.2, 0.25) is 0 Å². The van der Waals surface area contributed by atoms with Gasteiger partial charge < -0.3 is 5.32 Å². The van der Waals surface area contributed by atoms with Gasteiger partial charge in [0.1, 0.15) is 5.82 Å². The van der Waals surface area contributed by atoms with Gasteiger partial charge in [-0.1, -0.05) is 42.5 Å². The van der Waals surface area contributed by atoms with Crippen LogP contribution in [-0.2, 0) is 0 Å². The fraction of sp³-hybridized carbons (Fsp3) is 0. The van der Waals surface area contributed by atoms with Crippen LogP contribution in [0, 0.1) is 5.82 Å². The lowest BCUT2D eigenvalue weighted by molar-refractivity contribution is 0.104. The minimum Gasteiger partial charge on any atom is -0.362 e. The summed E-state index contributed by atoms with van der Waals surface area (Å²) >= 11 is 0. The van der Waals surface area contributed by atoms with Crippen LogP contribution in [0.15, 0.2) is 79.0 Å². The van der Waals surface area contributed by atoms with Gasteiger partial charge in [0, 0.05) is 23.5 Å². The molecule has 0 aliphatic carbocycles. The zero-order valence-electron chi connectivity index (χ0n) is 11.8. The third-order valence-electron chi connectivity index (χ3n) is 3.38. The number of nitrogens with one attached hydrogen (secondary N) is 1. The van der Waals surface area contributed by atoms with Gasteiger partial charge in [-0.3, -0.25) is 4.79 Å². The Balaban J connectivity index is 1.78. The lowest BCUT2D eigenvalue weighted by Gasteiger charge is -2.03. The topological polar surface area (TPSA) is 29.1 Å². The van der Waals surface area contributed by atoms with Gasteiger partial charge in [-0.25, -0.2) is 4.39 Å². The van der Waals surface area contributed by atoms with Gasteiger partial charge in [0.05, 0.1) is 0 Å². The van der Waals surface area contributed by atoms with E-state index < -0.39 is 0 Å². The Labute approximate surface area is 127 Å². The van der Waals surface area contributed by atoms with Crippen LogP contribution in [0.4, 0.5) is 10.1 Å². The molecule has 0 spiro atoms. The third kappa shape index (κ3) is 3.04. The molecule has 1 N–H and O–H groups in total. The van der Waals surface area contributed by atoms with E-state index >= 15 is 0 Å². The van der Waals surface area contributed by atoms with Gasteiger partial charge in [0.25, 0.3) is 0 Å². The maximum absolute atomic E-state index is 12.8. The smallest absolute Gasteiger partial charge is 0.187 e. The molecule has 22 heavy (non-hydrogen) atoms. The molecule has 0 fully saturated rings. The van der Waals surface area contributed by atoms with Crippen LogP contribution in [0.3, 0.4) is 0 Å². The van der Waals surface area contributed by atoms with Crippen LogP contribution in [0.25, 0.3) is 10.8 Å². The van der Waals surface area contributed by atoms with E-state index in [2.05, 4.69) is 5.32 Å². The number of hydrogen-bond donors (Lipinski definition) is 1. The molecule has 3 heteroatoms. The van der Waals surface area contributed by atoms with Crippen molar-refractivity contribution in [2.45, 2.75) is 0 Å². The van der Waals surface area contributed by atoms with E-state index in [1.807, 2.05) is 42.5 Å². The predicted molar refractivity (Wildman–Crippen MR) is 87.4 cm³/mol. The third-order valence-corrected chi connectivity index (χ3v) is 3.38. The highest BCUT2D eigenvalue weighted by molar-refractivity contribution is 6.13. The number of halogens is 1. The molecule has 3 aromatic carbocycles. The summed E-state index contributed by atoms with van der Waals surface area (Å²) in [7, 11) is 0. The quantitative estimate of drug-likeness (QED) is 0.553. The summed E-state index contributed by atoms with van der Waals surface area (Å²) in [4.78, 5) is 12.3. The van der Waals surface area contributed by atoms with E-state index in [1.165, 1.54) is 18.2 Å². The second-order valence-electron chi connectivity index (χ2n) is 4.88. The number of benzene rings is 3. The summed E-state index contributed by atoms with van der Waals surface area (Å²) in [6.07, 6.45) is 3.04. The summed E-state index contributed by atoms with van der Waals surface area (Å²) in [5.41, 5.74) is 1.39. The Bertz CT molecular complexity index is 832. The SMILES string of the molecule is O=C(/C=C/Nc1ccc(F)cc1)c1cccc2ccccc12. The lowest BCUT2D eigenvalue weighted by atomic mass is 10.0. The molecule has 0 aliphatic rings. The highest BCUT2D eigenvalue weighted by Gasteiger charge is 2.06. The Hall–Kier alpha value is -2.94. The molecule has 2 nitrogen and oxygen atoms in total. The molecular formula is C19H14FNO. The van der Waals surface area contributed by atoms with E-state index in [4.69, 9.17) is 0 Å².